The van der Waals surface area contributed by atoms with Crippen LogP contribution >= 0.6 is 11.3 Å². The van der Waals surface area contributed by atoms with E-state index < -0.39 is 5.91 Å². The van der Waals surface area contributed by atoms with Crippen LogP contribution in [0.1, 0.15) is 39.2 Å². The lowest BCUT2D eigenvalue weighted by Gasteiger charge is -2.14. The maximum Gasteiger partial charge on any atom is 0.268 e. The minimum absolute atomic E-state index is 0.163. The topological polar surface area (TPSA) is 90.0 Å². The Balaban J connectivity index is 1.68. The van der Waals surface area contributed by atoms with E-state index in [-0.39, 0.29) is 17.7 Å². The van der Waals surface area contributed by atoms with Gasteiger partial charge in [-0.05, 0) is 55.0 Å². The van der Waals surface area contributed by atoms with Crippen LogP contribution in [0.15, 0.2) is 40.6 Å². The molecular weight excluding hydrogens is 360 g/mol. The van der Waals surface area contributed by atoms with Crippen LogP contribution in [0.5, 0.6) is 0 Å². The van der Waals surface area contributed by atoms with Crippen molar-refractivity contribution >= 4 is 22.4 Å². The third-order valence-electron chi connectivity index (χ3n) is 4.91. The first-order valence-corrected chi connectivity index (χ1v) is 9.74. The van der Waals surface area contributed by atoms with E-state index in [0.29, 0.717) is 16.4 Å². The number of aryl methyl sites for hydroxylation is 2. The number of benzene rings is 1. The lowest BCUT2D eigenvalue weighted by molar-refractivity contribution is 0.0948. The zero-order chi connectivity index (χ0) is 19.0. The first kappa shape index (κ1) is 17.5. The fourth-order valence-corrected chi connectivity index (χ4v) is 4.14. The molecule has 3 aromatic rings. The van der Waals surface area contributed by atoms with Gasteiger partial charge in [0.25, 0.3) is 11.5 Å². The maximum absolute atomic E-state index is 13.1. The number of pyridine rings is 1. The summed E-state index contributed by atoms with van der Waals surface area (Å²) in [4.78, 5) is 29.9. The molecule has 0 fully saturated rings. The Hall–Kier alpha value is -2.93. The Bertz CT molecular complexity index is 1080. The zero-order valence-corrected chi connectivity index (χ0v) is 15.8. The minimum Gasteiger partial charge on any atom is -0.375 e. The number of nitrogens with one attached hydrogen (secondary N) is 1. The number of amides is 1. The van der Waals surface area contributed by atoms with E-state index in [1.165, 1.54) is 22.5 Å². The molecule has 1 amide bonds. The van der Waals surface area contributed by atoms with Crippen LogP contribution < -0.4 is 16.6 Å². The van der Waals surface area contributed by atoms with Crippen LogP contribution in [0.2, 0.25) is 0 Å². The average Bonchev–Trinajstić information content (AvgIpc) is 3.29. The molecule has 1 aliphatic rings. The lowest BCUT2D eigenvalue weighted by atomic mass is 10.1. The number of nitrogen functional groups attached to an aromatic ring is 1. The normalized spacial score (nSPS) is 12.8. The second kappa shape index (κ2) is 7.00. The van der Waals surface area contributed by atoms with Crippen LogP contribution in [0, 0.1) is 6.92 Å². The van der Waals surface area contributed by atoms with Gasteiger partial charge in [0, 0.05) is 11.6 Å². The molecule has 0 saturated heterocycles. The van der Waals surface area contributed by atoms with E-state index in [0.717, 1.165) is 24.9 Å². The van der Waals surface area contributed by atoms with Crippen molar-refractivity contribution in [1.82, 2.24) is 14.9 Å². The van der Waals surface area contributed by atoms with Crippen molar-refractivity contribution in [3.05, 3.63) is 74.1 Å². The van der Waals surface area contributed by atoms with E-state index in [2.05, 4.69) is 16.4 Å². The standard InChI is InChI=1S/C20H20N4O2S/c1-12-8-9-24(16-7-3-5-13-4-2-6-15(13)16)19(26)17(12)18(25)22-10-14-11-27-20(21)23-14/h3,5,7-9,11H,2,4,6,10H2,1H3,(H2,21,23)(H,22,25). The Morgan fingerprint density at radius 3 is 2.96 bits per heavy atom. The van der Waals surface area contributed by atoms with Gasteiger partial charge in [-0.15, -0.1) is 11.3 Å². The summed E-state index contributed by atoms with van der Waals surface area (Å²) >= 11 is 1.32. The first-order valence-electron chi connectivity index (χ1n) is 8.86. The van der Waals surface area contributed by atoms with Gasteiger partial charge in [0.15, 0.2) is 5.13 Å². The fourth-order valence-electron chi connectivity index (χ4n) is 3.58. The summed E-state index contributed by atoms with van der Waals surface area (Å²) in [7, 11) is 0. The van der Waals surface area contributed by atoms with Gasteiger partial charge in [0.1, 0.15) is 5.56 Å². The molecule has 2 aromatic heterocycles. The Kier molecular flexibility index (Phi) is 4.53. The van der Waals surface area contributed by atoms with Crippen molar-refractivity contribution in [2.75, 3.05) is 5.73 Å². The van der Waals surface area contributed by atoms with Crippen LogP contribution in [0.25, 0.3) is 5.69 Å². The van der Waals surface area contributed by atoms with Crippen molar-refractivity contribution in [2.24, 2.45) is 0 Å². The van der Waals surface area contributed by atoms with Crippen molar-refractivity contribution in [1.29, 1.82) is 0 Å². The van der Waals surface area contributed by atoms with Gasteiger partial charge in [-0.1, -0.05) is 12.1 Å². The third-order valence-corrected chi connectivity index (χ3v) is 5.63. The van der Waals surface area contributed by atoms with Crippen molar-refractivity contribution in [2.45, 2.75) is 32.7 Å². The van der Waals surface area contributed by atoms with Crippen molar-refractivity contribution < 1.29 is 4.79 Å². The van der Waals surface area contributed by atoms with Gasteiger partial charge >= 0.3 is 0 Å². The molecule has 0 bridgehead atoms. The van der Waals surface area contributed by atoms with Crippen molar-refractivity contribution in [3.63, 3.8) is 0 Å². The number of carbonyl (C=O) groups excluding carboxylic acids is 1. The van der Waals surface area contributed by atoms with Gasteiger partial charge < -0.3 is 11.1 Å². The summed E-state index contributed by atoms with van der Waals surface area (Å²) in [5.41, 5.74) is 10.2. The summed E-state index contributed by atoms with van der Waals surface area (Å²) in [5.74, 6) is -0.397. The highest BCUT2D eigenvalue weighted by atomic mass is 32.1. The molecule has 7 heteroatoms. The number of thiazole rings is 1. The summed E-state index contributed by atoms with van der Waals surface area (Å²) in [6.45, 7) is 2.01. The monoisotopic (exact) mass is 380 g/mol. The number of fused-ring (bicyclic) bond motifs is 1. The molecule has 1 aliphatic carbocycles. The third kappa shape index (κ3) is 3.26. The molecule has 4 rings (SSSR count). The highest BCUT2D eigenvalue weighted by molar-refractivity contribution is 7.13. The second-order valence-electron chi connectivity index (χ2n) is 6.68. The van der Waals surface area contributed by atoms with E-state index >= 15 is 0 Å². The Labute approximate surface area is 160 Å². The van der Waals surface area contributed by atoms with Crippen LogP contribution in [0.3, 0.4) is 0 Å². The molecule has 138 valence electrons. The van der Waals surface area contributed by atoms with Gasteiger partial charge in [0.05, 0.1) is 17.9 Å². The van der Waals surface area contributed by atoms with Crippen molar-refractivity contribution in [3.8, 4) is 5.69 Å². The first-order chi connectivity index (χ1) is 13.0. The van der Waals surface area contributed by atoms with Crippen LogP contribution in [-0.2, 0) is 19.4 Å². The number of nitrogens with two attached hydrogens (primary N) is 1. The summed E-state index contributed by atoms with van der Waals surface area (Å²) in [5, 5.41) is 5.02. The predicted molar refractivity (Wildman–Crippen MR) is 106 cm³/mol. The second-order valence-corrected chi connectivity index (χ2v) is 7.57. The molecule has 0 radical (unpaired) electrons. The molecule has 27 heavy (non-hydrogen) atoms. The molecule has 0 atom stereocenters. The smallest absolute Gasteiger partial charge is 0.268 e. The fraction of sp³-hybridized carbons (Fsp3) is 0.250. The van der Waals surface area contributed by atoms with E-state index in [1.807, 2.05) is 18.2 Å². The minimum atomic E-state index is -0.397. The molecule has 6 nitrogen and oxygen atoms in total. The number of nitrogens with zero attached hydrogens (tertiary/aromatic N) is 2. The number of anilines is 1. The molecule has 0 aliphatic heterocycles. The van der Waals surface area contributed by atoms with Crippen LogP contribution in [-0.4, -0.2) is 15.5 Å². The van der Waals surface area contributed by atoms with E-state index in [4.69, 9.17) is 5.73 Å². The predicted octanol–water partition coefficient (Wildman–Crippen LogP) is 2.60. The Morgan fingerprint density at radius 2 is 2.19 bits per heavy atom. The largest absolute Gasteiger partial charge is 0.375 e. The lowest BCUT2D eigenvalue weighted by Crippen LogP contribution is -2.33. The molecule has 2 heterocycles. The SMILES string of the molecule is Cc1ccn(-c2cccc3c2CCC3)c(=O)c1C(=O)NCc1csc(N)n1. The number of hydrogen-bond donors (Lipinski definition) is 2. The number of aromatic nitrogens is 2. The molecule has 0 spiro atoms. The number of rotatable bonds is 4. The molecule has 3 N–H and O–H groups in total. The van der Waals surface area contributed by atoms with E-state index in [1.54, 1.807) is 23.1 Å². The molecule has 1 aromatic carbocycles. The maximum atomic E-state index is 13.1. The summed E-state index contributed by atoms with van der Waals surface area (Å²) in [6.07, 6.45) is 4.84. The van der Waals surface area contributed by atoms with Crippen LogP contribution in [0.4, 0.5) is 5.13 Å². The quantitative estimate of drug-likeness (QED) is 0.728. The summed E-state index contributed by atoms with van der Waals surface area (Å²) in [6, 6.07) is 7.84. The van der Waals surface area contributed by atoms with Gasteiger partial charge in [-0.25, -0.2) is 4.98 Å². The Morgan fingerprint density at radius 1 is 1.33 bits per heavy atom. The zero-order valence-electron chi connectivity index (χ0n) is 15.0. The molecule has 0 unspecified atom stereocenters. The number of carbonyl (C=O) groups is 1. The highest BCUT2D eigenvalue weighted by Crippen LogP contribution is 2.27. The van der Waals surface area contributed by atoms with Gasteiger partial charge in [0.2, 0.25) is 0 Å². The van der Waals surface area contributed by atoms with Gasteiger partial charge in [-0.2, -0.15) is 0 Å². The van der Waals surface area contributed by atoms with Gasteiger partial charge in [-0.3, -0.25) is 14.2 Å². The number of hydrogen-bond acceptors (Lipinski definition) is 5. The average molecular weight is 380 g/mol. The van der Waals surface area contributed by atoms with E-state index in [9.17, 15) is 9.59 Å². The molecule has 0 saturated carbocycles. The molecular formula is C20H20N4O2S. The highest BCUT2D eigenvalue weighted by Gasteiger charge is 2.20. The summed E-state index contributed by atoms with van der Waals surface area (Å²) < 4.78 is 1.59.